The molecule has 1 amide bonds. The number of ether oxygens (including phenoxy) is 8. The first-order valence-electron chi connectivity index (χ1n) is 13.4. The van der Waals surface area contributed by atoms with Crippen molar-refractivity contribution in [2.24, 2.45) is 0 Å². The van der Waals surface area contributed by atoms with Crippen LogP contribution in [0.15, 0.2) is 0 Å². The lowest BCUT2D eigenvalue weighted by Gasteiger charge is -2.24. The van der Waals surface area contributed by atoms with Crippen LogP contribution in [0.2, 0.25) is 0 Å². The molecule has 13 heteroatoms. The highest BCUT2D eigenvalue weighted by Gasteiger charge is 2.19. The molecule has 0 aromatic rings. The fourth-order valence-corrected chi connectivity index (χ4v) is 2.67. The van der Waals surface area contributed by atoms with Crippen LogP contribution in [0.25, 0.3) is 0 Å². The van der Waals surface area contributed by atoms with Crippen LogP contribution in [0.3, 0.4) is 0 Å². The van der Waals surface area contributed by atoms with Gasteiger partial charge in [-0.25, -0.2) is 4.79 Å². The number of carbonyl (C=O) groups excluding carboxylic acids is 2. The minimum atomic E-state index is -0.865. The van der Waals surface area contributed by atoms with Crippen LogP contribution < -0.4 is 0 Å². The van der Waals surface area contributed by atoms with Gasteiger partial charge >= 0.3 is 18.0 Å². The Kier molecular flexibility index (Phi) is 23.7. The number of hydrogen-bond acceptors (Lipinski definition) is 11. The van der Waals surface area contributed by atoms with Crippen LogP contribution in [-0.4, -0.2) is 133 Å². The maximum atomic E-state index is 11.8. The van der Waals surface area contributed by atoms with Gasteiger partial charge < -0.3 is 47.9 Å². The Morgan fingerprint density at radius 1 is 0.615 bits per heavy atom. The van der Waals surface area contributed by atoms with E-state index in [9.17, 15) is 14.4 Å². The second kappa shape index (κ2) is 25.0. The fourth-order valence-electron chi connectivity index (χ4n) is 2.67. The Bertz CT molecular complexity index is 627. The first kappa shape index (κ1) is 37.0. The Morgan fingerprint density at radius 2 is 1.00 bits per heavy atom. The van der Waals surface area contributed by atoms with E-state index in [0.717, 1.165) is 0 Å². The molecule has 13 nitrogen and oxygen atoms in total. The normalized spacial score (nSPS) is 11.4. The molecule has 0 bridgehead atoms. The number of aliphatic carboxylic acids is 1. The van der Waals surface area contributed by atoms with E-state index < -0.39 is 11.6 Å². The Balaban J connectivity index is 3.25. The van der Waals surface area contributed by atoms with Crippen LogP contribution in [0.5, 0.6) is 0 Å². The summed E-state index contributed by atoms with van der Waals surface area (Å²) >= 11 is 0. The molecule has 1 N–H and O–H groups in total. The summed E-state index contributed by atoms with van der Waals surface area (Å²) in [5.74, 6) is -1.21. The number of unbranched alkanes of at least 4 members (excludes halogenated alkanes) is 1. The van der Waals surface area contributed by atoms with E-state index in [1.54, 1.807) is 7.05 Å². The van der Waals surface area contributed by atoms with Gasteiger partial charge in [-0.15, -0.1) is 0 Å². The summed E-state index contributed by atoms with van der Waals surface area (Å²) < 4.78 is 42.7. The van der Waals surface area contributed by atoms with Gasteiger partial charge in [0.2, 0.25) is 0 Å². The molecule has 0 aliphatic rings. The summed E-state index contributed by atoms with van der Waals surface area (Å²) in [6.45, 7) is 11.1. The monoisotopic (exact) mass is 567 g/mol. The number of esters is 1. The quantitative estimate of drug-likeness (QED) is 0.121. The van der Waals surface area contributed by atoms with Gasteiger partial charge in [0.15, 0.2) is 0 Å². The third-order valence-electron chi connectivity index (χ3n) is 4.65. The highest BCUT2D eigenvalue weighted by molar-refractivity contribution is 5.69. The van der Waals surface area contributed by atoms with Crippen LogP contribution in [0, 0.1) is 0 Å². The number of carboxylic acids is 1. The maximum absolute atomic E-state index is 11.8. The molecule has 230 valence electrons. The van der Waals surface area contributed by atoms with Gasteiger partial charge in [0.1, 0.15) is 12.2 Å². The molecule has 0 aliphatic carbocycles. The molecule has 0 heterocycles. The van der Waals surface area contributed by atoms with E-state index in [2.05, 4.69) is 0 Å². The predicted octanol–water partition coefficient (Wildman–Crippen LogP) is 2.14. The summed E-state index contributed by atoms with van der Waals surface area (Å²) in [6.07, 6.45) is 0.855. The van der Waals surface area contributed by atoms with Crippen molar-refractivity contribution in [3.63, 3.8) is 0 Å². The van der Waals surface area contributed by atoms with E-state index in [4.69, 9.17) is 43.0 Å². The fraction of sp³-hybridized carbons (Fsp3) is 0.885. The van der Waals surface area contributed by atoms with Crippen molar-refractivity contribution in [2.45, 2.75) is 52.1 Å². The van der Waals surface area contributed by atoms with Gasteiger partial charge in [0.05, 0.1) is 79.3 Å². The van der Waals surface area contributed by atoms with Crippen LogP contribution in [0.4, 0.5) is 4.79 Å². The minimum absolute atomic E-state index is 0.0588. The summed E-state index contributed by atoms with van der Waals surface area (Å²) in [5, 5.41) is 8.53. The first-order chi connectivity index (χ1) is 18.6. The van der Waals surface area contributed by atoms with Crippen LogP contribution in [-0.2, 0) is 47.5 Å². The van der Waals surface area contributed by atoms with Crippen molar-refractivity contribution < 1.29 is 57.4 Å². The van der Waals surface area contributed by atoms with Gasteiger partial charge in [0.25, 0.3) is 0 Å². The highest BCUT2D eigenvalue weighted by atomic mass is 16.6. The van der Waals surface area contributed by atoms with Gasteiger partial charge in [-0.05, 0) is 33.6 Å². The zero-order chi connectivity index (χ0) is 29.2. The van der Waals surface area contributed by atoms with E-state index in [0.29, 0.717) is 92.1 Å². The van der Waals surface area contributed by atoms with Gasteiger partial charge in [-0.3, -0.25) is 9.59 Å². The molecule has 0 aromatic heterocycles. The number of carbonyl (C=O) groups is 3. The van der Waals surface area contributed by atoms with Crippen molar-refractivity contribution in [1.82, 2.24) is 4.90 Å². The number of nitrogens with zero attached hydrogens (tertiary/aromatic N) is 1. The van der Waals surface area contributed by atoms with E-state index in [-0.39, 0.29) is 38.1 Å². The van der Waals surface area contributed by atoms with Gasteiger partial charge in [0, 0.05) is 26.4 Å². The Labute approximate surface area is 232 Å². The molecule has 0 fully saturated rings. The van der Waals surface area contributed by atoms with Crippen molar-refractivity contribution in [2.75, 3.05) is 99.5 Å². The molecule has 0 atom stereocenters. The third kappa shape index (κ3) is 28.8. The predicted molar refractivity (Wildman–Crippen MR) is 141 cm³/mol. The number of amides is 1. The van der Waals surface area contributed by atoms with Gasteiger partial charge in [-0.1, -0.05) is 0 Å². The average molecular weight is 568 g/mol. The lowest BCUT2D eigenvalue weighted by molar-refractivity contribution is -0.146. The summed E-state index contributed by atoms with van der Waals surface area (Å²) in [6, 6.07) is 0. The van der Waals surface area contributed by atoms with Crippen molar-refractivity contribution in [3.05, 3.63) is 0 Å². The Hall–Kier alpha value is -2.03. The molecule has 0 rings (SSSR count). The first-order valence-corrected chi connectivity index (χ1v) is 13.4. The van der Waals surface area contributed by atoms with Crippen molar-refractivity contribution >= 4 is 18.0 Å². The molecule has 0 saturated carbocycles. The number of carboxylic acid groups (broad SMARTS) is 1. The molecule has 0 spiro atoms. The smallest absolute Gasteiger partial charge is 0.410 e. The molecule has 0 aromatic carbocycles. The van der Waals surface area contributed by atoms with E-state index in [1.807, 2.05) is 20.8 Å². The lowest BCUT2D eigenvalue weighted by atomic mass is 10.2. The second-order valence-electron chi connectivity index (χ2n) is 9.40. The average Bonchev–Trinajstić information content (AvgIpc) is 2.86. The van der Waals surface area contributed by atoms with Crippen LogP contribution >= 0.6 is 0 Å². The molecule has 0 unspecified atom stereocenters. The highest BCUT2D eigenvalue weighted by Crippen LogP contribution is 2.08. The Morgan fingerprint density at radius 3 is 1.41 bits per heavy atom. The van der Waals surface area contributed by atoms with E-state index in [1.165, 1.54) is 4.90 Å². The van der Waals surface area contributed by atoms with Gasteiger partial charge in [-0.2, -0.15) is 0 Å². The van der Waals surface area contributed by atoms with E-state index >= 15 is 0 Å². The number of rotatable bonds is 26. The molecule has 0 aliphatic heterocycles. The third-order valence-corrected chi connectivity index (χ3v) is 4.65. The number of likely N-dealkylation sites (N-methyl/N-ethyl adjacent to an activating group) is 1. The summed E-state index contributed by atoms with van der Waals surface area (Å²) in [5.41, 5.74) is -0.517. The maximum Gasteiger partial charge on any atom is 0.410 e. The standard InChI is InChI=1S/C26H49NO12/c1-26(2,3)39-25(31)27(4)9-10-32-11-12-33-13-14-34-15-16-35-17-18-36-19-20-37-21-22-38-24(30)8-6-5-7-23(28)29/h5-22H2,1-4H3,(H,28,29). The molecule has 39 heavy (non-hydrogen) atoms. The molecule has 0 radical (unpaired) electrons. The zero-order valence-corrected chi connectivity index (χ0v) is 24.1. The summed E-state index contributed by atoms with van der Waals surface area (Å²) in [7, 11) is 1.67. The second-order valence-corrected chi connectivity index (χ2v) is 9.40. The van der Waals surface area contributed by atoms with Crippen LogP contribution in [0.1, 0.15) is 46.5 Å². The molecule has 0 saturated heterocycles. The largest absolute Gasteiger partial charge is 0.481 e. The zero-order valence-electron chi connectivity index (χ0n) is 24.1. The minimum Gasteiger partial charge on any atom is -0.481 e. The lowest BCUT2D eigenvalue weighted by Crippen LogP contribution is -2.36. The molecular formula is C26H49NO12. The summed E-state index contributed by atoms with van der Waals surface area (Å²) in [4.78, 5) is 35.1. The molecular weight excluding hydrogens is 518 g/mol. The van der Waals surface area contributed by atoms with Crippen molar-refractivity contribution in [1.29, 1.82) is 0 Å². The van der Waals surface area contributed by atoms with Crippen molar-refractivity contribution in [3.8, 4) is 0 Å². The number of hydrogen-bond donors (Lipinski definition) is 1. The topological polar surface area (TPSA) is 149 Å². The SMILES string of the molecule is CN(CCOCCOCCOCCOCCOCCOCCOC(=O)CCCCC(=O)O)C(=O)OC(C)(C)C.